The van der Waals surface area contributed by atoms with Gasteiger partial charge < -0.3 is 10.3 Å². The Kier molecular flexibility index (Phi) is 4.31. The first-order chi connectivity index (χ1) is 11.0. The van der Waals surface area contributed by atoms with Gasteiger partial charge in [0.15, 0.2) is 0 Å². The van der Waals surface area contributed by atoms with E-state index in [1.54, 1.807) is 0 Å². The van der Waals surface area contributed by atoms with Gasteiger partial charge in [0.2, 0.25) is 5.91 Å². The minimum absolute atomic E-state index is 0.0669. The predicted octanol–water partition coefficient (Wildman–Crippen LogP) is 4.85. The number of fused-ring (bicyclic) bond motifs is 3. The molecular weight excluding hydrogens is 308 g/mol. The highest BCUT2D eigenvalue weighted by atomic mass is 35.5. The van der Waals surface area contributed by atoms with Gasteiger partial charge >= 0.3 is 0 Å². The molecule has 4 heteroatoms. The van der Waals surface area contributed by atoms with Crippen LogP contribution in [0.2, 0.25) is 5.02 Å². The van der Waals surface area contributed by atoms with E-state index in [0.717, 1.165) is 32.4 Å². The van der Waals surface area contributed by atoms with Crippen molar-refractivity contribution in [1.82, 2.24) is 10.3 Å². The van der Waals surface area contributed by atoms with Crippen LogP contribution in [0.25, 0.3) is 21.8 Å². The van der Waals surface area contributed by atoms with Gasteiger partial charge in [-0.25, -0.2) is 0 Å². The maximum atomic E-state index is 12.3. The Balaban J connectivity index is 1.93. The zero-order valence-electron chi connectivity index (χ0n) is 13.6. The van der Waals surface area contributed by atoms with Crippen LogP contribution in [0.3, 0.4) is 0 Å². The molecular formula is C19H21ClN2O. The lowest BCUT2D eigenvalue weighted by atomic mass is 9.98. The van der Waals surface area contributed by atoms with Crippen LogP contribution in [-0.4, -0.2) is 17.4 Å². The van der Waals surface area contributed by atoms with Crippen LogP contribution >= 0.6 is 11.6 Å². The Hall–Kier alpha value is -2.00. The molecule has 2 aromatic carbocycles. The Morgan fingerprint density at radius 3 is 2.61 bits per heavy atom. The molecule has 0 saturated heterocycles. The first-order valence-corrected chi connectivity index (χ1v) is 8.32. The molecule has 1 atom stereocenters. The first kappa shape index (κ1) is 15.9. The molecule has 0 aliphatic heterocycles. The molecule has 1 heterocycles. The Morgan fingerprint density at radius 1 is 1.09 bits per heavy atom. The van der Waals surface area contributed by atoms with Crippen LogP contribution in [0.4, 0.5) is 0 Å². The topological polar surface area (TPSA) is 44.9 Å². The van der Waals surface area contributed by atoms with Crippen molar-refractivity contribution < 1.29 is 4.79 Å². The number of H-pyrrole nitrogens is 1. The van der Waals surface area contributed by atoms with E-state index in [1.165, 1.54) is 0 Å². The second kappa shape index (κ2) is 6.25. The third-order valence-corrected chi connectivity index (χ3v) is 4.40. The second-order valence-electron chi connectivity index (χ2n) is 6.48. The molecule has 1 amide bonds. The highest BCUT2D eigenvalue weighted by molar-refractivity contribution is 6.31. The fourth-order valence-corrected chi connectivity index (χ4v) is 2.94. The fraction of sp³-hybridized carbons (Fsp3) is 0.316. The quantitative estimate of drug-likeness (QED) is 0.706. The van der Waals surface area contributed by atoms with Crippen LogP contribution in [0, 0.1) is 5.92 Å². The highest BCUT2D eigenvalue weighted by Crippen LogP contribution is 2.30. The standard InChI is InChI=1S/C19H21ClN2O/c1-11(2)10-21-19(23)12(3)13-4-6-15-16-9-14(20)5-7-17(16)22-18(15)8-13/h4-9,11-12,22H,10H2,1-3H3,(H,21,23)/t12-/m0/s1. The average Bonchev–Trinajstić information content (AvgIpc) is 2.88. The normalized spacial score (nSPS) is 12.9. The molecule has 0 unspecified atom stereocenters. The number of benzene rings is 2. The summed E-state index contributed by atoms with van der Waals surface area (Å²) in [5, 5.41) is 5.96. The Morgan fingerprint density at radius 2 is 1.87 bits per heavy atom. The molecule has 3 rings (SSSR count). The molecule has 0 saturated carbocycles. The molecule has 0 aliphatic carbocycles. The summed E-state index contributed by atoms with van der Waals surface area (Å²) < 4.78 is 0. The molecule has 0 bridgehead atoms. The second-order valence-corrected chi connectivity index (χ2v) is 6.92. The molecule has 23 heavy (non-hydrogen) atoms. The molecule has 2 N–H and O–H groups in total. The van der Waals surface area contributed by atoms with Crippen molar-refractivity contribution in [1.29, 1.82) is 0 Å². The summed E-state index contributed by atoms with van der Waals surface area (Å²) in [6.07, 6.45) is 0. The first-order valence-electron chi connectivity index (χ1n) is 7.94. The molecule has 0 aliphatic rings. The van der Waals surface area contributed by atoms with E-state index in [2.05, 4.69) is 36.3 Å². The molecule has 0 radical (unpaired) electrons. The Labute approximate surface area is 141 Å². The highest BCUT2D eigenvalue weighted by Gasteiger charge is 2.16. The smallest absolute Gasteiger partial charge is 0.227 e. The van der Waals surface area contributed by atoms with E-state index in [1.807, 2.05) is 31.2 Å². The largest absolute Gasteiger partial charge is 0.355 e. The van der Waals surface area contributed by atoms with E-state index in [9.17, 15) is 4.79 Å². The summed E-state index contributed by atoms with van der Waals surface area (Å²) in [5.41, 5.74) is 3.10. The summed E-state index contributed by atoms with van der Waals surface area (Å²) in [6, 6.07) is 12.0. The summed E-state index contributed by atoms with van der Waals surface area (Å²) in [4.78, 5) is 15.7. The Bertz CT molecular complexity index is 866. The maximum absolute atomic E-state index is 12.3. The lowest BCUT2D eigenvalue weighted by Crippen LogP contribution is -2.31. The van der Waals surface area contributed by atoms with Gasteiger partial charge in [0.1, 0.15) is 0 Å². The van der Waals surface area contributed by atoms with E-state index in [-0.39, 0.29) is 11.8 Å². The minimum Gasteiger partial charge on any atom is -0.355 e. The summed E-state index contributed by atoms with van der Waals surface area (Å²) >= 11 is 6.09. The zero-order chi connectivity index (χ0) is 16.6. The summed E-state index contributed by atoms with van der Waals surface area (Å²) in [6.45, 7) is 6.83. The molecule has 120 valence electrons. The van der Waals surface area contributed by atoms with Gasteiger partial charge in [-0.3, -0.25) is 4.79 Å². The van der Waals surface area contributed by atoms with Crippen LogP contribution < -0.4 is 5.32 Å². The number of aromatic nitrogens is 1. The van der Waals surface area contributed by atoms with E-state index in [0.29, 0.717) is 12.5 Å². The van der Waals surface area contributed by atoms with Crippen LogP contribution in [0.15, 0.2) is 36.4 Å². The SMILES string of the molecule is CC(C)CNC(=O)[C@@H](C)c1ccc2c(c1)[nH]c1ccc(Cl)cc12. The van der Waals surface area contributed by atoms with E-state index >= 15 is 0 Å². The fourth-order valence-electron chi connectivity index (χ4n) is 2.77. The number of nitrogens with one attached hydrogen (secondary N) is 2. The van der Waals surface area contributed by atoms with Gasteiger partial charge in [0, 0.05) is 33.4 Å². The number of halogens is 1. The van der Waals surface area contributed by atoms with Crippen molar-refractivity contribution in [2.45, 2.75) is 26.7 Å². The number of rotatable bonds is 4. The summed E-state index contributed by atoms with van der Waals surface area (Å²) in [7, 11) is 0. The third kappa shape index (κ3) is 3.20. The van der Waals surface area contributed by atoms with Gasteiger partial charge in [0.25, 0.3) is 0 Å². The van der Waals surface area contributed by atoms with Crippen molar-refractivity contribution >= 4 is 39.3 Å². The van der Waals surface area contributed by atoms with Crippen LogP contribution in [0.5, 0.6) is 0 Å². The van der Waals surface area contributed by atoms with Crippen molar-refractivity contribution in [3.8, 4) is 0 Å². The number of hydrogen-bond acceptors (Lipinski definition) is 1. The lowest BCUT2D eigenvalue weighted by molar-refractivity contribution is -0.122. The number of aromatic amines is 1. The molecule has 0 fully saturated rings. The maximum Gasteiger partial charge on any atom is 0.227 e. The van der Waals surface area contributed by atoms with Gasteiger partial charge in [-0.2, -0.15) is 0 Å². The monoisotopic (exact) mass is 328 g/mol. The number of carbonyl (C=O) groups excluding carboxylic acids is 1. The van der Waals surface area contributed by atoms with Gasteiger partial charge in [0.05, 0.1) is 5.92 Å². The molecule has 3 nitrogen and oxygen atoms in total. The molecule has 1 aromatic heterocycles. The molecule has 3 aromatic rings. The number of amides is 1. The number of hydrogen-bond donors (Lipinski definition) is 2. The van der Waals surface area contributed by atoms with Crippen molar-refractivity contribution in [2.75, 3.05) is 6.54 Å². The average molecular weight is 329 g/mol. The van der Waals surface area contributed by atoms with Crippen LogP contribution in [-0.2, 0) is 4.79 Å². The van der Waals surface area contributed by atoms with E-state index in [4.69, 9.17) is 11.6 Å². The minimum atomic E-state index is -0.173. The third-order valence-electron chi connectivity index (χ3n) is 4.16. The molecule has 0 spiro atoms. The number of carbonyl (C=O) groups is 1. The van der Waals surface area contributed by atoms with Gasteiger partial charge in [-0.15, -0.1) is 0 Å². The summed E-state index contributed by atoms with van der Waals surface area (Å²) in [5.74, 6) is 0.345. The van der Waals surface area contributed by atoms with Crippen molar-refractivity contribution in [3.63, 3.8) is 0 Å². The van der Waals surface area contributed by atoms with Crippen molar-refractivity contribution in [3.05, 3.63) is 47.0 Å². The predicted molar refractivity (Wildman–Crippen MR) is 97.1 cm³/mol. The zero-order valence-corrected chi connectivity index (χ0v) is 14.4. The van der Waals surface area contributed by atoms with Gasteiger partial charge in [-0.1, -0.05) is 37.6 Å². The van der Waals surface area contributed by atoms with Gasteiger partial charge in [-0.05, 0) is 42.7 Å². The van der Waals surface area contributed by atoms with Crippen LogP contribution in [0.1, 0.15) is 32.3 Å². The van der Waals surface area contributed by atoms with E-state index < -0.39 is 0 Å². The van der Waals surface area contributed by atoms with Crippen molar-refractivity contribution in [2.24, 2.45) is 5.92 Å². The lowest BCUT2D eigenvalue weighted by Gasteiger charge is -2.14.